The average Bonchev–Trinajstić information content (AvgIpc) is 2.91. The van der Waals surface area contributed by atoms with Crippen LogP contribution in [0, 0.1) is 5.82 Å². The molecule has 1 atom stereocenters. The number of benzene rings is 1. The third-order valence-electron chi connectivity index (χ3n) is 3.90. The van der Waals surface area contributed by atoms with E-state index in [4.69, 9.17) is 4.74 Å². The van der Waals surface area contributed by atoms with Crippen LogP contribution in [0.5, 0.6) is 5.75 Å². The fourth-order valence-corrected chi connectivity index (χ4v) is 2.59. The molecule has 1 unspecified atom stereocenters. The Labute approximate surface area is 124 Å². The van der Waals surface area contributed by atoms with E-state index in [1.165, 1.54) is 12.1 Å². The van der Waals surface area contributed by atoms with Gasteiger partial charge in [0.2, 0.25) is 0 Å². The van der Waals surface area contributed by atoms with Crippen molar-refractivity contribution in [2.24, 2.45) is 0 Å². The van der Waals surface area contributed by atoms with E-state index in [1.54, 1.807) is 19.1 Å². The third kappa shape index (κ3) is 4.17. The number of hydrogen-bond donors (Lipinski definition) is 2. The monoisotopic (exact) mass is 295 g/mol. The molecule has 2 rings (SSSR count). The molecule has 0 bridgehead atoms. The van der Waals surface area contributed by atoms with E-state index in [0.717, 1.165) is 12.8 Å². The van der Waals surface area contributed by atoms with Crippen LogP contribution >= 0.6 is 0 Å². The first kappa shape index (κ1) is 15.8. The minimum atomic E-state index is -0.800. The SMILES string of the molecule is CCC(Oc1ccccc1F)C(=O)NCC1(O)CCCC1. The van der Waals surface area contributed by atoms with Crippen molar-refractivity contribution in [2.75, 3.05) is 6.54 Å². The molecule has 4 nitrogen and oxygen atoms in total. The van der Waals surface area contributed by atoms with E-state index < -0.39 is 17.5 Å². The summed E-state index contributed by atoms with van der Waals surface area (Å²) in [4.78, 5) is 12.1. The molecule has 0 radical (unpaired) electrons. The molecule has 5 heteroatoms. The quantitative estimate of drug-likeness (QED) is 0.847. The number of halogens is 1. The maximum Gasteiger partial charge on any atom is 0.261 e. The molecule has 116 valence electrons. The molecule has 1 saturated carbocycles. The Morgan fingerprint density at radius 1 is 1.43 bits per heavy atom. The summed E-state index contributed by atoms with van der Waals surface area (Å²) in [7, 11) is 0. The van der Waals surface area contributed by atoms with Crippen molar-refractivity contribution in [3.63, 3.8) is 0 Å². The van der Waals surface area contributed by atoms with Gasteiger partial charge in [-0.3, -0.25) is 4.79 Å². The molecule has 1 aliphatic rings. The van der Waals surface area contributed by atoms with E-state index in [-0.39, 0.29) is 18.2 Å². The standard InChI is InChI=1S/C16H22FNO3/c1-2-13(21-14-8-4-3-7-12(14)17)15(19)18-11-16(20)9-5-6-10-16/h3-4,7-8,13,20H,2,5-6,9-11H2,1H3,(H,18,19). The van der Waals surface area contributed by atoms with Crippen LogP contribution in [0.4, 0.5) is 4.39 Å². The Bertz CT molecular complexity index is 486. The smallest absolute Gasteiger partial charge is 0.261 e. The van der Waals surface area contributed by atoms with Gasteiger partial charge in [-0.05, 0) is 31.4 Å². The maximum atomic E-state index is 13.5. The Morgan fingerprint density at radius 3 is 2.71 bits per heavy atom. The molecule has 0 aliphatic heterocycles. The largest absolute Gasteiger partial charge is 0.478 e. The average molecular weight is 295 g/mol. The second-order valence-electron chi connectivity index (χ2n) is 5.59. The molecular formula is C16H22FNO3. The number of carbonyl (C=O) groups excluding carboxylic acids is 1. The molecule has 1 fully saturated rings. The van der Waals surface area contributed by atoms with Crippen molar-refractivity contribution in [1.82, 2.24) is 5.32 Å². The summed E-state index contributed by atoms with van der Waals surface area (Å²) in [6, 6.07) is 6.01. The summed E-state index contributed by atoms with van der Waals surface area (Å²) in [5, 5.41) is 12.9. The van der Waals surface area contributed by atoms with Crippen LogP contribution < -0.4 is 10.1 Å². The Kier molecular flexibility index (Phi) is 5.17. The third-order valence-corrected chi connectivity index (χ3v) is 3.90. The molecule has 0 heterocycles. The number of rotatable bonds is 6. The predicted octanol–water partition coefficient (Wildman–Crippen LogP) is 2.40. The van der Waals surface area contributed by atoms with Crippen molar-refractivity contribution in [3.05, 3.63) is 30.1 Å². The van der Waals surface area contributed by atoms with E-state index >= 15 is 0 Å². The predicted molar refractivity (Wildman–Crippen MR) is 77.5 cm³/mol. The number of aliphatic hydroxyl groups is 1. The molecule has 21 heavy (non-hydrogen) atoms. The highest BCUT2D eigenvalue weighted by molar-refractivity contribution is 5.81. The van der Waals surface area contributed by atoms with Crippen molar-refractivity contribution < 1.29 is 19.0 Å². The van der Waals surface area contributed by atoms with Crippen LogP contribution in [0.15, 0.2) is 24.3 Å². The van der Waals surface area contributed by atoms with Gasteiger partial charge in [-0.1, -0.05) is 31.9 Å². The van der Waals surface area contributed by atoms with Crippen LogP contribution in [-0.2, 0) is 4.79 Å². The fourth-order valence-electron chi connectivity index (χ4n) is 2.59. The van der Waals surface area contributed by atoms with Gasteiger partial charge in [-0.2, -0.15) is 0 Å². The number of carbonyl (C=O) groups is 1. The summed E-state index contributed by atoms with van der Waals surface area (Å²) < 4.78 is 19.0. The maximum absolute atomic E-state index is 13.5. The molecule has 2 N–H and O–H groups in total. The van der Waals surface area contributed by atoms with Gasteiger partial charge in [0, 0.05) is 6.54 Å². The molecule has 1 aromatic carbocycles. The highest BCUT2D eigenvalue weighted by Crippen LogP contribution is 2.28. The second-order valence-corrected chi connectivity index (χ2v) is 5.59. The number of para-hydroxylation sites is 1. The van der Waals surface area contributed by atoms with E-state index in [0.29, 0.717) is 19.3 Å². The van der Waals surface area contributed by atoms with E-state index in [9.17, 15) is 14.3 Å². The van der Waals surface area contributed by atoms with Crippen molar-refractivity contribution in [3.8, 4) is 5.75 Å². The fraction of sp³-hybridized carbons (Fsp3) is 0.562. The molecule has 1 amide bonds. The highest BCUT2D eigenvalue weighted by atomic mass is 19.1. The minimum absolute atomic E-state index is 0.0686. The van der Waals surface area contributed by atoms with E-state index in [2.05, 4.69) is 5.32 Å². The number of amides is 1. The van der Waals surface area contributed by atoms with Crippen molar-refractivity contribution in [1.29, 1.82) is 0 Å². The lowest BCUT2D eigenvalue weighted by Gasteiger charge is -2.24. The van der Waals surface area contributed by atoms with Crippen LogP contribution in [0.25, 0.3) is 0 Å². The van der Waals surface area contributed by atoms with Gasteiger partial charge in [0.25, 0.3) is 5.91 Å². The molecule has 0 saturated heterocycles. The van der Waals surface area contributed by atoms with Crippen molar-refractivity contribution in [2.45, 2.75) is 50.7 Å². The summed E-state index contributed by atoms with van der Waals surface area (Å²) in [5.74, 6) is -0.738. The van der Waals surface area contributed by atoms with Gasteiger partial charge in [-0.15, -0.1) is 0 Å². The van der Waals surface area contributed by atoms with Crippen LogP contribution in [0.3, 0.4) is 0 Å². The van der Waals surface area contributed by atoms with Crippen molar-refractivity contribution >= 4 is 5.91 Å². The lowest BCUT2D eigenvalue weighted by molar-refractivity contribution is -0.129. The lowest BCUT2D eigenvalue weighted by atomic mass is 10.0. The number of nitrogens with one attached hydrogen (secondary N) is 1. The normalized spacial score (nSPS) is 18.2. The first-order valence-electron chi connectivity index (χ1n) is 7.45. The second kappa shape index (κ2) is 6.89. The molecular weight excluding hydrogens is 273 g/mol. The van der Waals surface area contributed by atoms with Gasteiger partial charge in [0.15, 0.2) is 17.7 Å². The van der Waals surface area contributed by atoms with Gasteiger partial charge in [-0.25, -0.2) is 4.39 Å². The number of hydrogen-bond acceptors (Lipinski definition) is 3. The zero-order valence-electron chi connectivity index (χ0n) is 12.3. The van der Waals surface area contributed by atoms with Gasteiger partial charge < -0.3 is 15.2 Å². The Balaban J connectivity index is 1.91. The lowest BCUT2D eigenvalue weighted by Crippen LogP contribution is -2.46. The van der Waals surface area contributed by atoms with E-state index in [1.807, 2.05) is 0 Å². The van der Waals surface area contributed by atoms with Crippen LogP contribution in [-0.4, -0.2) is 29.3 Å². The Morgan fingerprint density at radius 2 is 2.10 bits per heavy atom. The highest BCUT2D eigenvalue weighted by Gasteiger charge is 2.32. The summed E-state index contributed by atoms with van der Waals surface area (Å²) in [6.07, 6.45) is 3.05. The zero-order chi connectivity index (χ0) is 15.3. The van der Waals surface area contributed by atoms with Gasteiger partial charge in [0.1, 0.15) is 0 Å². The Hall–Kier alpha value is -1.62. The summed E-state index contributed by atoms with van der Waals surface area (Å²) in [5.41, 5.74) is -0.800. The molecule has 1 aliphatic carbocycles. The minimum Gasteiger partial charge on any atom is -0.478 e. The van der Waals surface area contributed by atoms with Gasteiger partial charge >= 0.3 is 0 Å². The van der Waals surface area contributed by atoms with Gasteiger partial charge in [0.05, 0.1) is 5.60 Å². The van der Waals surface area contributed by atoms with Crippen LogP contribution in [0.1, 0.15) is 39.0 Å². The topological polar surface area (TPSA) is 58.6 Å². The number of ether oxygens (including phenoxy) is 1. The first-order chi connectivity index (χ1) is 10.0. The summed E-state index contributed by atoms with van der Waals surface area (Å²) >= 11 is 0. The summed E-state index contributed by atoms with van der Waals surface area (Å²) in [6.45, 7) is 2.03. The first-order valence-corrected chi connectivity index (χ1v) is 7.45. The molecule has 0 spiro atoms. The molecule has 0 aromatic heterocycles. The van der Waals surface area contributed by atoms with Crippen LogP contribution in [0.2, 0.25) is 0 Å². The zero-order valence-corrected chi connectivity index (χ0v) is 12.3. The molecule has 1 aromatic rings.